The fourth-order valence-electron chi connectivity index (χ4n) is 2.76. The molecule has 0 saturated heterocycles. The predicted molar refractivity (Wildman–Crippen MR) is 96.5 cm³/mol. The monoisotopic (exact) mass is 304 g/mol. The molecule has 3 nitrogen and oxygen atoms in total. The van der Waals surface area contributed by atoms with E-state index in [9.17, 15) is 4.79 Å². The van der Waals surface area contributed by atoms with E-state index >= 15 is 0 Å². The van der Waals surface area contributed by atoms with E-state index in [4.69, 9.17) is 0 Å². The highest BCUT2D eigenvalue weighted by Crippen LogP contribution is 2.28. The van der Waals surface area contributed by atoms with Crippen LogP contribution in [0.5, 0.6) is 0 Å². The summed E-state index contributed by atoms with van der Waals surface area (Å²) < 4.78 is 0. The molecule has 3 aromatic rings. The van der Waals surface area contributed by atoms with Crippen LogP contribution < -0.4 is 5.32 Å². The summed E-state index contributed by atoms with van der Waals surface area (Å²) in [5, 5.41) is 4.48. The van der Waals surface area contributed by atoms with Gasteiger partial charge in [-0.3, -0.25) is 4.79 Å². The Labute approximate surface area is 136 Å². The van der Waals surface area contributed by atoms with E-state index in [2.05, 4.69) is 47.6 Å². The van der Waals surface area contributed by atoms with Gasteiger partial charge < -0.3 is 10.3 Å². The number of hydrogen-bond acceptors (Lipinski definition) is 2. The first-order valence-electron chi connectivity index (χ1n) is 7.67. The number of carbonyl (C=O) groups is 1. The van der Waals surface area contributed by atoms with Gasteiger partial charge in [-0.2, -0.15) is 0 Å². The number of rotatable bonds is 4. The minimum atomic E-state index is 0.0416. The van der Waals surface area contributed by atoms with Crippen LogP contribution in [-0.2, 0) is 4.79 Å². The summed E-state index contributed by atoms with van der Waals surface area (Å²) in [6, 6.07) is 16.7. The summed E-state index contributed by atoms with van der Waals surface area (Å²) in [6.07, 6.45) is 1.60. The Morgan fingerprint density at radius 1 is 1.09 bits per heavy atom. The maximum Gasteiger partial charge on any atom is 0.154 e. The number of aryl methyl sites for hydroxylation is 1. The van der Waals surface area contributed by atoms with Crippen molar-refractivity contribution < 1.29 is 4.79 Å². The van der Waals surface area contributed by atoms with Gasteiger partial charge in [-0.15, -0.1) is 0 Å². The predicted octanol–water partition coefficient (Wildman–Crippen LogP) is 5.05. The molecule has 0 aliphatic heterocycles. The minimum Gasteiger partial charge on any atom is -0.359 e. The SMILES string of the molecule is CC(=O)/C=C(\C)Nc1cc2[nH]c(-c3ccccc3)cc2cc1C. The smallest absolute Gasteiger partial charge is 0.154 e. The van der Waals surface area contributed by atoms with E-state index < -0.39 is 0 Å². The lowest BCUT2D eigenvalue weighted by molar-refractivity contribution is -0.112. The van der Waals surface area contributed by atoms with E-state index in [1.54, 1.807) is 13.0 Å². The van der Waals surface area contributed by atoms with Crippen LogP contribution in [0.3, 0.4) is 0 Å². The molecule has 0 spiro atoms. The first-order valence-corrected chi connectivity index (χ1v) is 7.67. The first-order chi connectivity index (χ1) is 11.0. The molecule has 0 aliphatic rings. The van der Waals surface area contributed by atoms with E-state index in [-0.39, 0.29) is 5.78 Å². The summed E-state index contributed by atoms with van der Waals surface area (Å²) in [5.41, 5.74) is 6.35. The molecule has 0 radical (unpaired) electrons. The van der Waals surface area contributed by atoms with Crippen LogP contribution in [0.1, 0.15) is 19.4 Å². The molecule has 0 amide bonds. The third-order valence-corrected chi connectivity index (χ3v) is 3.80. The number of ketones is 1. The van der Waals surface area contributed by atoms with E-state index in [0.29, 0.717) is 0 Å². The quantitative estimate of drug-likeness (QED) is 0.663. The van der Waals surface area contributed by atoms with Gasteiger partial charge in [-0.25, -0.2) is 0 Å². The van der Waals surface area contributed by atoms with Gasteiger partial charge in [0, 0.05) is 28.0 Å². The molecule has 23 heavy (non-hydrogen) atoms. The number of anilines is 1. The zero-order valence-electron chi connectivity index (χ0n) is 13.6. The molecular weight excluding hydrogens is 284 g/mol. The van der Waals surface area contributed by atoms with Crippen LogP contribution >= 0.6 is 0 Å². The fourth-order valence-corrected chi connectivity index (χ4v) is 2.76. The molecular formula is C20H20N2O. The standard InChI is InChI=1S/C20H20N2O/c1-13-9-17-11-19(16-7-5-4-6-8-16)22-20(17)12-18(13)21-14(2)10-15(3)23/h4-12,21-22H,1-3H3/b14-10+. The largest absolute Gasteiger partial charge is 0.359 e. The molecule has 3 heteroatoms. The lowest BCUT2D eigenvalue weighted by atomic mass is 10.1. The third kappa shape index (κ3) is 3.34. The van der Waals surface area contributed by atoms with Crippen molar-refractivity contribution in [3.63, 3.8) is 0 Å². The number of fused-ring (bicyclic) bond motifs is 1. The van der Waals surface area contributed by atoms with Crippen LogP contribution in [0.4, 0.5) is 5.69 Å². The number of carbonyl (C=O) groups excluding carboxylic acids is 1. The van der Waals surface area contributed by atoms with Crippen molar-refractivity contribution in [1.82, 2.24) is 4.98 Å². The molecule has 0 bridgehead atoms. The third-order valence-electron chi connectivity index (χ3n) is 3.80. The van der Waals surface area contributed by atoms with Gasteiger partial charge in [0.15, 0.2) is 5.78 Å². The molecule has 0 atom stereocenters. The van der Waals surface area contributed by atoms with Crippen LogP contribution in [0.25, 0.3) is 22.2 Å². The summed E-state index contributed by atoms with van der Waals surface area (Å²) in [7, 11) is 0. The number of H-pyrrole nitrogens is 1. The van der Waals surface area contributed by atoms with Gasteiger partial charge >= 0.3 is 0 Å². The van der Waals surface area contributed by atoms with E-state index in [1.165, 1.54) is 10.9 Å². The molecule has 0 fully saturated rings. The van der Waals surface area contributed by atoms with Crippen LogP contribution in [0.2, 0.25) is 0 Å². The highest BCUT2D eigenvalue weighted by Gasteiger charge is 2.07. The van der Waals surface area contributed by atoms with Crippen LogP contribution in [-0.4, -0.2) is 10.8 Å². The molecule has 1 heterocycles. The molecule has 2 aromatic carbocycles. The second kappa shape index (κ2) is 6.13. The van der Waals surface area contributed by atoms with Crippen molar-refractivity contribution in [3.05, 3.63) is 65.9 Å². The molecule has 116 valence electrons. The highest BCUT2D eigenvalue weighted by molar-refractivity contribution is 5.91. The number of aromatic amines is 1. The van der Waals surface area contributed by atoms with E-state index in [1.807, 2.05) is 25.1 Å². The molecule has 0 saturated carbocycles. The number of allylic oxidation sites excluding steroid dienone is 2. The van der Waals surface area contributed by atoms with Gasteiger partial charge in [0.2, 0.25) is 0 Å². The zero-order chi connectivity index (χ0) is 16.4. The Bertz CT molecular complexity index is 889. The average Bonchev–Trinajstić information content (AvgIpc) is 2.90. The maximum absolute atomic E-state index is 11.2. The van der Waals surface area contributed by atoms with Crippen LogP contribution in [0, 0.1) is 6.92 Å². The van der Waals surface area contributed by atoms with Gasteiger partial charge in [0.25, 0.3) is 0 Å². The summed E-state index contributed by atoms with van der Waals surface area (Å²) in [6.45, 7) is 5.52. The van der Waals surface area contributed by atoms with Gasteiger partial charge in [0.1, 0.15) is 0 Å². The van der Waals surface area contributed by atoms with Crippen molar-refractivity contribution in [1.29, 1.82) is 0 Å². The summed E-state index contributed by atoms with van der Waals surface area (Å²) in [5.74, 6) is 0.0416. The maximum atomic E-state index is 11.2. The van der Waals surface area contributed by atoms with Gasteiger partial charge in [-0.1, -0.05) is 30.3 Å². The molecule has 3 rings (SSSR count). The van der Waals surface area contributed by atoms with Gasteiger partial charge in [0.05, 0.1) is 0 Å². The van der Waals surface area contributed by atoms with Crippen molar-refractivity contribution in [3.8, 4) is 11.3 Å². The second-order valence-corrected chi connectivity index (χ2v) is 5.87. The Morgan fingerprint density at radius 3 is 2.52 bits per heavy atom. The molecule has 0 unspecified atom stereocenters. The van der Waals surface area contributed by atoms with Crippen molar-refractivity contribution >= 4 is 22.4 Å². The Kier molecular flexibility index (Phi) is 4.02. The van der Waals surface area contributed by atoms with Crippen molar-refractivity contribution in [2.24, 2.45) is 0 Å². The number of hydrogen-bond donors (Lipinski definition) is 2. The first kappa shape index (κ1) is 15.1. The molecule has 2 N–H and O–H groups in total. The lowest BCUT2D eigenvalue weighted by Crippen LogP contribution is -2.00. The molecule has 1 aromatic heterocycles. The van der Waals surface area contributed by atoms with E-state index in [0.717, 1.165) is 28.2 Å². The molecule has 0 aliphatic carbocycles. The Hall–Kier alpha value is -2.81. The topological polar surface area (TPSA) is 44.9 Å². The number of nitrogens with one attached hydrogen (secondary N) is 2. The van der Waals surface area contributed by atoms with Crippen molar-refractivity contribution in [2.75, 3.05) is 5.32 Å². The highest BCUT2D eigenvalue weighted by atomic mass is 16.1. The average molecular weight is 304 g/mol. The van der Waals surface area contributed by atoms with Crippen molar-refractivity contribution in [2.45, 2.75) is 20.8 Å². The zero-order valence-corrected chi connectivity index (χ0v) is 13.6. The minimum absolute atomic E-state index is 0.0416. The Morgan fingerprint density at radius 2 is 1.83 bits per heavy atom. The summed E-state index contributed by atoms with van der Waals surface area (Å²) >= 11 is 0. The second-order valence-electron chi connectivity index (χ2n) is 5.87. The Balaban J connectivity index is 1.99. The van der Waals surface area contributed by atoms with Crippen LogP contribution in [0.15, 0.2) is 60.3 Å². The summed E-state index contributed by atoms with van der Waals surface area (Å²) in [4.78, 5) is 14.6. The van der Waals surface area contributed by atoms with Gasteiger partial charge in [-0.05, 0) is 56.2 Å². The lowest BCUT2D eigenvalue weighted by Gasteiger charge is -2.10. The fraction of sp³-hybridized carbons (Fsp3) is 0.150. The normalized spacial score (nSPS) is 11.7. The number of benzene rings is 2. The number of aromatic nitrogens is 1.